The number of morpholine rings is 2. The zero-order valence-electron chi connectivity index (χ0n) is 20.5. The van der Waals surface area contributed by atoms with Gasteiger partial charge in [-0.05, 0) is 25.5 Å². The van der Waals surface area contributed by atoms with Gasteiger partial charge < -0.3 is 19.3 Å². The summed E-state index contributed by atoms with van der Waals surface area (Å²) in [7, 11) is 0. The fraction of sp³-hybridized carbons (Fsp3) is 0.480. The van der Waals surface area contributed by atoms with Crippen LogP contribution in [0.3, 0.4) is 0 Å². The number of hydrogen-bond donors (Lipinski definition) is 2. The molecule has 37 heavy (non-hydrogen) atoms. The summed E-state index contributed by atoms with van der Waals surface area (Å²) < 4.78 is 28.4. The third-order valence-corrected chi connectivity index (χ3v) is 7.67. The number of halogens is 1. The smallest absolute Gasteiger partial charge is 0.328 e. The van der Waals surface area contributed by atoms with Crippen molar-refractivity contribution in [1.29, 1.82) is 0 Å². The molecule has 12 heteroatoms. The van der Waals surface area contributed by atoms with E-state index in [0.29, 0.717) is 54.5 Å². The number of ether oxygens (including phenoxy) is 2. The van der Waals surface area contributed by atoms with Crippen LogP contribution in [-0.4, -0.2) is 78.9 Å². The molecule has 0 saturated carbocycles. The maximum absolute atomic E-state index is 16.9. The van der Waals surface area contributed by atoms with Crippen LogP contribution in [0.25, 0.3) is 11.3 Å². The zero-order chi connectivity index (χ0) is 25.9. The predicted octanol–water partition coefficient (Wildman–Crippen LogP) is 1.01. The van der Waals surface area contributed by atoms with Crippen molar-refractivity contribution in [3.05, 3.63) is 36.0 Å². The van der Waals surface area contributed by atoms with Crippen LogP contribution in [0.1, 0.15) is 19.4 Å². The fourth-order valence-corrected chi connectivity index (χ4v) is 6.28. The highest BCUT2D eigenvalue weighted by Gasteiger charge is 2.63. The molecule has 0 unspecified atom stereocenters. The molecule has 0 aliphatic carbocycles. The van der Waals surface area contributed by atoms with Gasteiger partial charge in [-0.25, -0.2) is 9.18 Å². The molecule has 6 rings (SSSR count). The molecule has 3 fully saturated rings. The number of rotatable bonds is 2. The Morgan fingerprint density at radius 1 is 1.08 bits per heavy atom. The highest BCUT2D eigenvalue weighted by atomic mass is 19.1. The first-order valence-electron chi connectivity index (χ1n) is 12.3. The standard InChI is InChI=1S/C25H27FN6O5/c1-13-12-32-19-15(10-25(21(32)14(2)37-13)22(33)29-24(35)30-23(25)34)9-16(17-11-27-3-4-28-17)20(18(19)26)31-5-7-36-8-6-31/h3-4,9,11,13-14,21H,5-8,10,12H2,1-2H3,(H2,29,30,33,34,35)/t13-,14+,21-/m0/s1. The third kappa shape index (κ3) is 3.57. The number of fused-ring (bicyclic) bond motifs is 4. The summed E-state index contributed by atoms with van der Waals surface area (Å²) in [6, 6.07) is 0.107. The molecule has 4 aliphatic rings. The Kier molecular flexibility index (Phi) is 5.60. The Bertz CT molecular complexity index is 1260. The lowest BCUT2D eigenvalue weighted by Crippen LogP contribution is -2.75. The van der Waals surface area contributed by atoms with E-state index in [4.69, 9.17) is 9.47 Å². The molecular formula is C25H27FN6O5. The van der Waals surface area contributed by atoms with E-state index < -0.39 is 41.2 Å². The van der Waals surface area contributed by atoms with Gasteiger partial charge in [-0.2, -0.15) is 0 Å². The molecule has 0 radical (unpaired) electrons. The lowest BCUT2D eigenvalue weighted by molar-refractivity contribution is -0.153. The van der Waals surface area contributed by atoms with Crippen LogP contribution in [-0.2, 0) is 25.5 Å². The van der Waals surface area contributed by atoms with Crippen molar-refractivity contribution < 1.29 is 28.2 Å². The normalized spacial score (nSPS) is 26.9. The van der Waals surface area contributed by atoms with E-state index in [2.05, 4.69) is 20.6 Å². The molecule has 5 heterocycles. The number of anilines is 2. The first kappa shape index (κ1) is 23.7. The van der Waals surface area contributed by atoms with E-state index in [1.165, 1.54) is 12.4 Å². The minimum atomic E-state index is -1.69. The minimum absolute atomic E-state index is 0.107. The largest absolute Gasteiger partial charge is 0.378 e. The maximum atomic E-state index is 16.9. The van der Waals surface area contributed by atoms with Crippen LogP contribution in [0.5, 0.6) is 0 Å². The van der Waals surface area contributed by atoms with Crippen LogP contribution in [0.4, 0.5) is 20.6 Å². The number of aromatic nitrogens is 2. The summed E-state index contributed by atoms with van der Waals surface area (Å²) in [4.78, 5) is 51.1. The highest BCUT2D eigenvalue weighted by molar-refractivity contribution is 6.20. The van der Waals surface area contributed by atoms with Gasteiger partial charge in [0.05, 0.1) is 54.7 Å². The van der Waals surface area contributed by atoms with Gasteiger partial charge in [0, 0.05) is 44.0 Å². The molecule has 11 nitrogen and oxygen atoms in total. The van der Waals surface area contributed by atoms with Gasteiger partial charge in [-0.3, -0.25) is 30.2 Å². The second kappa shape index (κ2) is 8.73. The molecule has 1 aromatic heterocycles. The molecule has 1 aromatic carbocycles. The number of amides is 4. The Morgan fingerprint density at radius 3 is 2.49 bits per heavy atom. The Hall–Kier alpha value is -3.64. The van der Waals surface area contributed by atoms with Crippen molar-refractivity contribution in [2.75, 3.05) is 42.6 Å². The topological polar surface area (TPSA) is 126 Å². The van der Waals surface area contributed by atoms with Crippen LogP contribution < -0.4 is 20.4 Å². The zero-order valence-corrected chi connectivity index (χ0v) is 20.5. The minimum Gasteiger partial charge on any atom is -0.378 e. The summed E-state index contributed by atoms with van der Waals surface area (Å²) >= 11 is 0. The molecule has 3 saturated heterocycles. The van der Waals surface area contributed by atoms with Gasteiger partial charge in [0.1, 0.15) is 0 Å². The summed E-state index contributed by atoms with van der Waals surface area (Å²) in [6.07, 6.45) is 3.65. The Balaban J connectivity index is 1.60. The highest BCUT2D eigenvalue weighted by Crippen LogP contribution is 2.51. The van der Waals surface area contributed by atoms with Crippen molar-refractivity contribution in [2.45, 2.75) is 38.5 Å². The average molecular weight is 511 g/mol. The van der Waals surface area contributed by atoms with E-state index in [1.807, 2.05) is 11.8 Å². The number of urea groups is 1. The summed E-state index contributed by atoms with van der Waals surface area (Å²) in [6.45, 7) is 5.82. The van der Waals surface area contributed by atoms with Crippen molar-refractivity contribution >= 4 is 29.2 Å². The number of benzene rings is 1. The summed E-state index contributed by atoms with van der Waals surface area (Å²) in [5, 5.41) is 4.52. The van der Waals surface area contributed by atoms with E-state index >= 15 is 4.39 Å². The van der Waals surface area contributed by atoms with Gasteiger partial charge in [-0.15, -0.1) is 0 Å². The van der Waals surface area contributed by atoms with Gasteiger partial charge in [0.2, 0.25) is 11.8 Å². The molecule has 1 spiro atoms. The second-order valence-corrected chi connectivity index (χ2v) is 9.92. The Morgan fingerprint density at radius 2 is 1.81 bits per heavy atom. The Labute approximate surface area is 212 Å². The average Bonchev–Trinajstić information content (AvgIpc) is 2.87. The van der Waals surface area contributed by atoms with Crippen molar-refractivity contribution in [3.63, 3.8) is 0 Å². The van der Waals surface area contributed by atoms with Gasteiger partial charge in [0.25, 0.3) is 0 Å². The first-order valence-corrected chi connectivity index (χ1v) is 12.3. The lowest BCUT2D eigenvalue weighted by Gasteiger charge is -2.55. The molecule has 0 bridgehead atoms. The molecule has 2 aromatic rings. The number of nitrogens with one attached hydrogen (secondary N) is 2. The van der Waals surface area contributed by atoms with E-state index in [9.17, 15) is 14.4 Å². The van der Waals surface area contributed by atoms with Crippen LogP contribution in [0, 0.1) is 11.2 Å². The third-order valence-electron chi connectivity index (χ3n) is 7.67. The van der Waals surface area contributed by atoms with Gasteiger partial charge in [-0.1, -0.05) is 0 Å². The van der Waals surface area contributed by atoms with Crippen LogP contribution >= 0.6 is 0 Å². The monoisotopic (exact) mass is 510 g/mol. The second-order valence-electron chi connectivity index (χ2n) is 9.92. The van der Waals surface area contributed by atoms with E-state index in [-0.39, 0.29) is 19.1 Å². The van der Waals surface area contributed by atoms with Crippen molar-refractivity contribution in [2.24, 2.45) is 5.41 Å². The summed E-state index contributed by atoms with van der Waals surface area (Å²) in [5.74, 6) is -1.88. The van der Waals surface area contributed by atoms with E-state index in [0.717, 1.165) is 0 Å². The number of carbonyl (C=O) groups is 3. The van der Waals surface area contributed by atoms with Gasteiger partial charge in [0.15, 0.2) is 11.2 Å². The quantitative estimate of drug-likeness (QED) is 0.570. The molecular weight excluding hydrogens is 483 g/mol. The number of imide groups is 2. The maximum Gasteiger partial charge on any atom is 0.328 e. The fourth-order valence-electron chi connectivity index (χ4n) is 6.28. The van der Waals surface area contributed by atoms with Crippen LogP contribution in [0.2, 0.25) is 0 Å². The van der Waals surface area contributed by atoms with Crippen LogP contribution in [0.15, 0.2) is 24.7 Å². The number of barbiturate groups is 1. The molecule has 2 N–H and O–H groups in total. The molecule has 4 aliphatic heterocycles. The van der Waals surface area contributed by atoms with Gasteiger partial charge >= 0.3 is 6.03 Å². The molecule has 4 amide bonds. The predicted molar refractivity (Wildman–Crippen MR) is 129 cm³/mol. The lowest BCUT2D eigenvalue weighted by atomic mass is 9.66. The first-order chi connectivity index (χ1) is 17.8. The number of hydrogen-bond acceptors (Lipinski definition) is 9. The SMILES string of the molecule is C[C@H]1CN2c3c(cc(-c4cnccn4)c(N4CCOCC4)c3F)CC3(C(=O)NC(=O)NC3=O)[C@@H]2[C@@H](C)O1. The molecule has 3 atom stereocenters. The van der Waals surface area contributed by atoms with Crippen molar-refractivity contribution in [3.8, 4) is 11.3 Å². The summed E-state index contributed by atoms with van der Waals surface area (Å²) in [5.41, 5.74) is 0.501. The molecule has 194 valence electrons. The van der Waals surface area contributed by atoms with E-state index in [1.54, 1.807) is 24.1 Å². The number of nitrogens with zero attached hydrogens (tertiary/aromatic N) is 4. The number of carbonyl (C=O) groups excluding carboxylic acids is 3. The van der Waals surface area contributed by atoms with Crippen molar-refractivity contribution in [1.82, 2.24) is 20.6 Å².